The van der Waals surface area contributed by atoms with E-state index < -0.39 is 18.2 Å². The van der Waals surface area contributed by atoms with Crippen LogP contribution in [0.25, 0.3) is 0 Å². The predicted octanol–water partition coefficient (Wildman–Crippen LogP) is 17.1. The first kappa shape index (κ1) is 61.3. The summed E-state index contributed by atoms with van der Waals surface area (Å²) in [5.74, 6) is -0.585. The van der Waals surface area contributed by atoms with Gasteiger partial charge in [-0.25, -0.2) is 0 Å². The first-order chi connectivity index (χ1) is 31.0. The van der Waals surface area contributed by atoms with E-state index in [1.807, 2.05) is 12.2 Å². The molecule has 63 heavy (non-hydrogen) atoms. The molecule has 6 nitrogen and oxygen atoms in total. The van der Waals surface area contributed by atoms with E-state index in [9.17, 15) is 19.8 Å². The van der Waals surface area contributed by atoms with E-state index in [2.05, 4.69) is 38.2 Å². The molecule has 3 atom stereocenters. The van der Waals surface area contributed by atoms with Gasteiger partial charge in [0.05, 0.1) is 25.2 Å². The maximum atomic E-state index is 13.2. The highest BCUT2D eigenvalue weighted by molar-refractivity contribution is 5.78. The Labute approximate surface area is 392 Å². The number of aliphatic hydroxyl groups excluding tert-OH is 2. The quantitative estimate of drug-likeness (QED) is 0.0321. The van der Waals surface area contributed by atoms with E-state index in [4.69, 9.17) is 4.74 Å². The van der Waals surface area contributed by atoms with Crippen molar-refractivity contribution in [2.45, 2.75) is 322 Å². The van der Waals surface area contributed by atoms with Gasteiger partial charge in [0.2, 0.25) is 5.91 Å². The Morgan fingerprint density at radius 1 is 0.476 bits per heavy atom. The number of hydrogen-bond acceptors (Lipinski definition) is 5. The molecule has 0 bridgehead atoms. The monoisotopic (exact) mass is 888 g/mol. The van der Waals surface area contributed by atoms with Gasteiger partial charge in [-0.15, -0.1) is 0 Å². The second-order valence-electron chi connectivity index (χ2n) is 19.3. The molecule has 3 unspecified atom stereocenters. The molecule has 0 aromatic heterocycles. The molecule has 0 aromatic carbocycles. The van der Waals surface area contributed by atoms with Gasteiger partial charge < -0.3 is 20.3 Å². The molecule has 1 amide bonds. The van der Waals surface area contributed by atoms with Gasteiger partial charge in [-0.2, -0.15) is 0 Å². The first-order valence-corrected chi connectivity index (χ1v) is 28.1. The molecule has 6 heteroatoms. The van der Waals surface area contributed by atoms with E-state index in [-0.39, 0.29) is 24.9 Å². The fourth-order valence-corrected chi connectivity index (χ4v) is 8.75. The van der Waals surface area contributed by atoms with Gasteiger partial charge in [-0.3, -0.25) is 9.59 Å². The van der Waals surface area contributed by atoms with Gasteiger partial charge in [-0.1, -0.05) is 277 Å². The molecule has 0 aliphatic rings. The molecule has 3 N–H and O–H groups in total. The summed E-state index contributed by atoms with van der Waals surface area (Å²) in [6.07, 6.45) is 59.9. The number of esters is 1. The van der Waals surface area contributed by atoms with E-state index in [0.717, 1.165) is 51.4 Å². The summed E-state index contributed by atoms with van der Waals surface area (Å²) in [6, 6.07) is -0.728. The Bertz CT molecular complexity index is 997. The SMILES string of the molecule is CCCCCCCC/C=C\C/C=C/C(CC(=O)NC(CO)C(O)CCCCCCCCCCCCCCCCCC)OC(=O)CCCCCCCCCCCCCCCCCCC. The minimum atomic E-state index is -0.807. The van der Waals surface area contributed by atoms with E-state index in [1.54, 1.807) is 0 Å². The number of rotatable bonds is 51. The van der Waals surface area contributed by atoms with Gasteiger partial charge in [0.1, 0.15) is 6.10 Å². The standard InChI is InChI=1S/C57H109NO5/c1-4-7-10-13-16-19-22-24-26-28-30-32-35-38-41-44-47-50-57(62)63-53(48-45-42-39-36-33-21-18-15-12-9-6-3)51-56(61)58-54(52-59)55(60)49-46-43-40-37-34-31-29-27-25-23-20-17-14-11-8-5-2/h36,39,45,48,53-55,59-60H,4-35,37-38,40-44,46-47,49-52H2,1-3H3,(H,58,61)/b39-36-,48-45+. The van der Waals surface area contributed by atoms with Crippen LogP contribution in [0.2, 0.25) is 0 Å². The number of aliphatic hydroxyl groups is 2. The second kappa shape index (κ2) is 51.3. The van der Waals surface area contributed by atoms with Crippen molar-refractivity contribution in [3.8, 4) is 0 Å². The Kier molecular flexibility index (Phi) is 50.0. The molecule has 0 rings (SSSR count). The van der Waals surface area contributed by atoms with Crippen LogP contribution in [0.4, 0.5) is 0 Å². The van der Waals surface area contributed by atoms with Gasteiger partial charge in [0.25, 0.3) is 0 Å². The lowest BCUT2D eigenvalue weighted by molar-refractivity contribution is -0.148. The molecule has 0 heterocycles. The fraction of sp³-hybridized carbons (Fsp3) is 0.895. The predicted molar refractivity (Wildman–Crippen MR) is 273 cm³/mol. The number of ether oxygens (including phenoxy) is 1. The van der Waals surface area contributed by atoms with Crippen molar-refractivity contribution in [2.75, 3.05) is 6.61 Å². The molecule has 0 saturated heterocycles. The maximum Gasteiger partial charge on any atom is 0.306 e. The Hall–Kier alpha value is -1.66. The second-order valence-corrected chi connectivity index (χ2v) is 19.3. The topological polar surface area (TPSA) is 95.9 Å². The third-order valence-electron chi connectivity index (χ3n) is 13.0. The highest BCUT2D eigenvalue weighted by Crippen LogP contribution is 2.18. The summed E-state index contributed by atoms with van der Waals surface area (Å²) in [5, 5.41) is 23.8. The number of nitrogens with one attached hydrogen (secondary N) is 1. The number of unbranched alkanes of at least 4 members (excludes halogenated alkanes) is 37. The van der Waals surface area contributed by atoms with Crippen LogP contribution in [0.15, 0.2) is 24.3 Å². The van der Waals surface area contributed by atoms with Crippen LogP contribution < -0.4 is 5.32 Å². The highest BCUT2D eigenvalue weighted by atomic mass is 16.5. The van der Waals surface area contributed by atoms with Gasteiger partial charge in [0.15, 0.2) is 0 Å². The summed E-state index contributed by atoms with van der Waals surface area (Å²) < 4.78 is 5.85. The van der Waals surface area contributed by atoms with Crippen LogP contribution >= 0.6 is 0 Å². The highest BCUT2D eigenvalue weighted by Gasteiger charge is 2.23. The molecular formula is C57H109NO5. The lowest BCUT2D eigenvalue weighted by Crippen LogP contribution is -2.46. The number of hydrogen-bond donors (Lipinski definition) is 3. The van der Waals surface area contributed by atoms with E-state index >= 15 is 0 Å². The number of carbonyl (C=O) groups is 2. The zero-order chi connectivity index (χ0) is 45.9. The zero-order valence-corrected chi connectivity index (χ0v) is 42.5. The third-order valence-corrected chi connectivity index (χ3v) is 13.0. The van der Waals surface area contributed by atoms with Crippen molar-refractivity contribution in [2.24, 2.45) is 0 Å². The molecule has 0 aromatic rings. The minimum absolute atomic E-state index is 0.0228. The largest absolute Gasteiger partial charge is 0.458 e. The summed E-state index contributed by atoms with van der Waals surface area (Å²) >= 11 is 0. The lowest BCUT2D eigenvalue weighted by Gasteiger charge is -2.23. The van der Waals surface area contributed by atoms with E-state index in [1.165, 1.54) is 212 Å². The van der Waals surface area contributed by atoms with Gasteiger partial charge >= 0.3 is 5.97 Å². The lowest BCUT2D eigenvalue weighted by atomic mass is 10.0. The average molecular weight is 889 g/mol. The normalized spacial score (nSPS) is 13.3. The summed E-state index contributed by atoms with van der Waals surface area (Å²) in [4.78, 5) is 26.1. The molecule has 0 aliphatic heterocycles. The number of amides is 1. The molecule has 0 fully saturated rings. The minimum Gasteiger partial charge on any atom is -0.458 e. The van der Waals surface area contributed by atoms with Crippen molar-refractivity contribution >= 4 is 11.9 Å². The van der Waals surface area contributed by atoms with Crippen molar-refractivity contribution < 1.29 is 24.5 Å². The van der Waals surface area contributed by atoms with Crippen LogP contribution in [-0.2, 0) is 14.3 Å². The maximum absolute atomic E-state index is 13.2. The van der Waals surface area contributed by atoms with Gasteiger partial charge in [0, 0.05) is 6.42 Å². The molecule has 0 saturated carbocycles. The van der Waals surface area contributed by atoms with Crippen LogP contribution in [0.1, 0.15) is 303 Å². The van der Waals surface area contributed by atoms with Crippen molar-refractivity contribution in [1.82, 2.24) is 5.32 Å². The molecule has 372 valence electrons. The fourth-order valence-electron chi connectivity index (χ4n) is 8.75. The van der Waals surface area contributed by atoms with Crippen LogP contribution in [0.3, 0.4) is 0 Å². The van der Waals surface area contributed by atoms with Crippen molar-refractivity contribution in [1.29, 1.82) is 0 Å². The van der Waals surface area contributed by atoms with E-state index in [0.29, 0.717) is 12.8 Å². The molecule has 0 radical (unpaired) electrons. The molecule has 0 spiro atoms. The average Bonchev–Trinajstić information content (AvgIpc) is 3.28. The van der Waals surface area contributed by atoms with Gasteiger partial charge in [-0.05, 0) is 38.2 Å². The Balaban J connectivity index is 4.49. The van der Waals surface area contributed by atoms with Crippen LogP contribution in [-0.4, -0.2) is 46.9 Å². The molecular weight excluding hydrogens is 779 g/mol. The van der Waals surface area contributed by atoms with Crippen LogP contribution in [0, 0.1) is 0 Å². The van der Waals surface area contributed by atoms with Crippen molar-refractivity contribution in [3.63, 3.8) is 0 Å². The molecule has 0 aliphatic carbocycles. The summed E-state index contributed by atoms with van der Waals surface area (Å²) in [6.45, 7) is 6.48. The first-order valence-electron chi connectivity index (χ1n) is 28.1. The van der Waals surface area contributed by atoms with Crippen LogP contribution in [0.5, 0.6) is 0 Å². The zero-order valence-electron chi connectivity index (χ0n) is 42.5. The summed E-state index contributed by atoms with van der Waals surface area (Å²) in [7, 11) is 0. The number of allylic oxidation sites excluding steroid dienone is 3. The number of carbonyl (C=O) groups excluding carboxylic acids is 2. The Morgan fingerprint density at radius 3 is 1.24 bits per heavy atom. The summed E-state index contributed by atoms with van der Waals surface area (Å²) in [5.41, 5.74) is 0. The Morgan fingerprint density at radius 2 is 0.841 bits per heavy atom. The van der Waals surface area contributed by atoms with Crippen molar-refractivity contribution in [3.05, 3.63) is 24.3 Å². The smallest absolute Gasteiger partial charge is 0.306 e. The third kappa shape index (κ3) is 46.7.